The smallest absolute Gasteiger partial charge is 0.332 e. The van der Waals surface area contributed by atoms with Crippen LogP contribution in [0.1, 0.15) is 11.1 Å². The Morgan fingerprint density at radius 3 is 2.32 bits per heavy atom. The molecule has 0 saturated carbocycles. The number of nitrogens with one attached hydrogen (secondary N) is 1. The summed E-state index contributed by atoms with van der Waals surface area (Å²) >= 11 is 6.50. The van der Waals surface area contributed by atoms with Crippen LogP contribution in [0.2, 0.25) is 5.02 Å². The quantitative estimate of drug-likeness (QED) is 0.477. The fraction of sp³-hybridized carbons (Fsp3) is 0.231. The van der Waals surface area contributed by atoms with Gasteiger partial charge in [0.15, 0.2) is 0 Å². The second kappa shape index (κ2) is 9.44. The number of benzene rings is 3. The largest absolute Gasteiger partial charge is 0.368 e. The predicted octanol–water partition coefficient (Wildman–Crippen LogP) is 3.46. The summed E-state index contributed by atoms with van der Waals surface area (Å²) in [6, 6.07) is 19.2. The third kappa shape index (κ3) is 4.24. The van der Waals surface area contributed by atoms with Gasteiger partial charge in [-0.25, -0.2) is 9.18 Å². The number of fused-ring (bicyclic) bond motifs is 1. The number of hydrogen-bond donors (Lipinski definition) is 1. The molecule has 1 fully saturated rings. The molecule has 6 nitrogen and oxygen atoms in total. The van der Waals surface area contributed by atoms with Crippen molar-refractivity contribution in [2.75, 3.05) is 31.1 Å². The average molecular weight is 479 g/mol. The van der Waals surface area contributed by atoms with E-state index in [0.717, 1.165) is 23.2 Å². The van der Waals surface area contributed by atoms with Gasteiger partial charge in [-0.1, -0.05) is 60.1 Å². The normalized spacial score (nSPS) is 14.0. The van der Waals surface area contributed by atoms with Gasteiger partial charge in [0.25, 0.3) is 5.56 Å². The Morgan fingerprint density at radius 2 is 1.59 bits per heavy atom. The lowest BCUT2D eigenvalue weighted by Crippen LogP contribution is -2.45. The molecular weight excluding hydrogens is 455 g/mol. The summed E-state index contributed by atoms with van der Waals surface area (Å²) in [6.45, 7) is 3.08. The Labute approximate surface area is 200 Å². The number of anilines is 1. The molecule has 1 aromatic heterocycles. The fourth-order valence-electron chi connectivity index (χ4n) is 4.49. The summed E-state index contributed by atoms with van der Waals surface area (Å²) in [6.07, 6.45) is 0. The zero-order chi connectivity index (χ0) is 23.7. The van der Waals surface area contributed by atoms with Crippen LogP contribution in [0.4, 0.5) is 10.1 Å². The zero-order valence-corrected chi connectivity index (χ0v) is 19.3. The van der Waals surface area contributed by atoms with Crippen LogP contribution in [0.3, 0.4) is 0 Å². The highest BCUT2D eigenvalue weighted by Crippen LogP contribution is 2.29. The second-order valence-electron chi connectivity index (χ2n) is 8.39. The van der Waals surface area contributed by atoms with E-state index in [1.54, 1.807) is 34.9 Å². The van der Waals surface area contributed by atoms with Gasteiger partial charge < -0.3 is 10.2 Å². The Balaban J connectivity index is 1.79. The zero-order valence-electron chi connectivity index (χ0n) is 18.5. The molecule has 5 rings (SSSR count). The monoisotopic (exact) mass is 478 g/mol. The van der Waals surface area contributed by atoms with Crippen molar-refractivity contribution in [2.24, 2.45) is 0 Å². The Kier molecular flexibility index (Phi) is 6.22. The average Bonchev–Trinajstić information content (AvgIpc) is 2.86. The number of rotatable bonds is 5. The van der Waals surface area contributed by atoms with E-state index in [0.29, 0.717) is 34.7 Å². The van der Waals surface area contributed by atoms with Crippen LogP contribution in [0.25, 0.3) is 10.9 Å². The standard InChI is InChI=1S/C26H24ClFN4O2/c27-20-14-22(30-12-10-29-11-13-30)24-23(15-20)31(16-18-6-2-1-3-7-18)26(34)32(25(24)33)17-19-8-4-5-9-21(19)28/h1-9,14-15,29H,10-13,16-17H2. The van der Waals surface area contributed by atoms with Gasteiger partial charge in [-0.3, -0.25) is 13.9 Å². The van der Waals surface area contributed by atoms with Crippen LogP contribution in [0.5, 0.6) is 0 Å². The lowest BCUT2D eigenvalue weighted by molar-refractivity contribution is 0.576. The molecule has 2 heterocycles. The first kappa shape index (κ1) is 22.4. The summed E-state index contributed by atoms with van der Waals surface area (Å²) in [4.78, 5) is 29.6. The van der Waals surface area contributed by atoms with Gasteiger partial charge in [0, 0.05) is 36.8 Å². The minimum atomic E-state index is -0.502. The maximum atomic E-state index is 14.5. The summed E-state index contributed by atoms with van der Waals surface area (Å²) in [7, 11) is 0. The Hall–Kier alpha value is -3.42. The molecule has 0 spiro atoms. The molecular formula is C26H24ClFN4O2. The van der Waals surface area contributed by atoms with Crippen molar-refractivity contribution in [3.8, 4) is 0 Å². The van der Waals surface area contributed by atoms with Crippen molar-refractivity contribution in [3.63, 3.8) is 0 Å². The lowest BCUT2D eigenvalue weighted by atomic mass is 10.1. The predicted molar refractivity (Wildman–Crippen MR) is 134 cm³/mol. The van der Waals surface area contributed by atoms with Crippen molar-refractivity contribution in [2.45, 2.75) is 13.1 Å². The minimum absolute atomic E-state index is 0.154. The van der Waals surface area contributed by atoms with Crippen molar-refractivity contribution >= 4 is 28.2 Å². The van der Waals surface area contributed by atoms with Crippen LogP contribution >= 0.6 is 11.6 Å². The number of halogens is 2. The van der Waals surface area contributed by atoms with E-state index in [1.165, 1.54) is 6.07 Å². The maximum Gasteiger partial charge on any atom is 0.332 e. The number of nitrogens with zero attached hydrogens (tertiary/aromatic N) is 3. The molecule has 0 radical (unpaired) electrons. The molecule has 1 N–H and O–H groups in total. The van der Waals surface area contributed by atoms with Crippen molar-refractivity contribution < 1.29 is 4.39 Å². The van der Waals surface area contributed by atoms with Gasteiger partial charge in [-0.05, 0) is 23.8 Å². The molecule has 0 bridgehead atoms. The molecule has 4 aromatic rings. The van der Waals surface area contributed by atoms with Crippen LogP contribution in [0, 0.1) is 5.82 Å². The number of aromatic nitrogens is 2. The van der Waals surface area contributed by atoms with Crippen LogP contribution in [0.15, 0.2) is 76.3 Å². The van der Waals surface area contributed by atoms with Crippen molar-refractivity contribution in [1.29, 1.82) is 0 Å². The van der Waals surface area contributed by atoms with E-state index in [4.69, 9.17) is 11.6 Å². The van der Waals surface area contributed by atoms with Crippen LogP contribution in [-0.2, 0) is 13.1 Å². The number of piperazine rings is 1. The molecule has 174 valence electrons. The van der Waals surface area contributed by atoms with Gasteiger partial charge in [-0.2, -0.15) is 0 Å². The summed E-state index contributed by atoms with van der Waals surface area (Å²) in [5, 5.41) is 4.18. The first-order chi connectivity index (χ1) is 16.5. The number of hydrogen-bond acceptors (Lipinski definition) is 4. The van der Waals surface area contributed by atoms with E-state index in [2.05, 4.69) is 10.2 Å². The first-order valence-corrected chi connectivity index (χ1v) is 11.6. The first-order valence-electron chi connectivity index (χ1n) is 11.2. The fourth-order valence-corrected chi connectivity index (χ4v) is 4.70. The van der Waals surface area contributed by atoms with Crippen LogP contribution in [-0.4, -0.2) is 35.3 Å². The molecule has 0 atom stereocenters. The molecule has 0 unspecified atom stereocenters. The van der Waals surface area contributed by atoms with Gasteiger partial charge in [0.05, 0.1) is 29.7 Å². The van der Waals surface area contributed by atoms with Crippen molar-refractivity contribution in [1.82, 2.24) is 14.5 Å². The van der Waals surface area contributed by atoms with Gasteiger partial charge in [0.1, 0.15) is 5.82 Å². The summed E-state index contributed by atoms with van der Waals surface area (Å²) in [5.41, 5.74) is 1.41. The molecule has 34 heavy (non-hydrogen) atoms. The summed E-state index contributed by atoms with van der Waals surface area (Å²) in [5.74, 6) is -0.457. The maximum absolute atomic E-state index is 14.5. The molecule has 1 aliphatic heterocycles. The molecule has 8 heteroatoms. The van der Waals surface area contributed by atoms with Crippen LogP contribution < -0.4 is 21.5 Å². The van der Waals surface area contributed by atoms with E-state index in [9.17, 15) is 14.0 Å². The summed E-state index contributed by atoms with van der Waals surface area (Å²) < 4.78 is 17.2. The molecule has 0 aliphatic carbocycles. The van der Waals surface area contributed by atoms with Crippen molar-refractivity contribution in [3.05, 3.63) is 110 Å². The third-order valence-corrected chi connectivity index (χ3v) is 6.42. The highest BCUT2D eigenvalue weighted by molar-refractivity contribution is 6.31. The third-order valence-electron chi connectivity index (χ3n) is 6.20. The SMILES string of the molecule is O=c1c2c(N3CCNCC3)cc(Cl)cc2n(Cc2ccccc2)c(=O)n1Cc1ccccc1F. The van der Waals surface area contributed by atoms with E-state index >= 15 is 0 Å². The van der Waals surface area contributed by atoms with Gasteiger partial charge in [0.2, 0.25) is 0 Å². The molecule has 3 aromatic carbocycles. The minimum Gasteiger partial charge on any atom is -0.368 e. The highest BCUT2D eigenvalue weighted by Gasteiger charge is 2.22. The van der Waals surface area contributed by atoms with E-state index in [1.807, 2.05) is 30.3 Å². The van der Waals surface area contributed by atoms with Gasteiger partial charge in [-0.15, -0.1) is 0 Å². The second-order valence-corrected chi connectivity index (χ2v) is 8.83. The van der Waals surface area contributed by atoms with E-state index in [-0.39, 0.29) is 18.7 Å². The topological polar surface area (TPSA) is 59.3 Å². The molecule has 1 saturated heterocycles. The Bertz CT molecular complexity index is 1460. The highest BCUT2D eigenvalue weighted by atomic mass is 35.5. The Morgan fingerprint density at radius 1 is 0.882 bits per heavy atom. The molecule has 0 amide bonds. The van der Waals surface area contributed by atoms with Gasteiger partial charge >= 0.3 is 5.69 Å². The van der Waals surface area contributed by atoms with E-state index < -0.39 is 17.1 Å². The lowest BCUT2D eigenvalue weighted by Gasteiger charge is -2.31. The molecule has 1 aliphatic rings.